The molecule has 0 heterocycles. The van der Waals surface area contributed by atoms with Crippen molar-refractivity contribution in [3.05, 3.63) is 24.3 Å². The van der Waals surface area contributed by atoms with Crippen LogP contribution < -0.4 is 9.62 Å². The van der Waals surface area contributed by atoms with Crippen LogP contribution in [0.3, 0.4) is 0 Å². The molecule has 0 amide bonds. The molecule has 0 spiro atoms. The van der Waals surface area contributed by atoms with E-state index in [1.807, 2.05) is 12.1 Å². The van der Waals surface area contributed by atoms with Crippen molar-refractivity contribution in [2.75, 3.05) is 30.0 Å². The molecule has 0 radical (unpaired) electrons. The van der Waals surface area contributed by atoms with E-state index in [0.717, 1.165) is 5.69 Å². The van der Waals surface area contributed by atoms with Gasteiger partial charge < -0.3 is 5.32 Å². The van der Waals surface area contributed by atoms with E-state index < -0.39 is 10.0 Å². The number of anilines is 2. The highest BCUT2D eigenvalue weighted by Gasteiger charge is 2.14. The third kappa shape index (κ3) is 2.17. The van der Waals surface area contributed by atoms with Crippen LogP contribution in [0.4, 0.5) is 11.4 Å². The predicted octanol–water partition coefficient (Wildman–Crippen LogP) is 1.12. The second-order valence-corrected chi connectivity index (χ2v) is 5.01. The third-order valence-electron chi connectivity index (χ3n) is 2.01. The molecule has 0 bridgehead atoms. The number of para-hydroxylation sites is 2. The zero-order valence-electron chi connectivity index (χ0n) is 8.48. The Morgan fingerprint density at radius 1 is 1.29 bits per heavy atom. The zero-order valence-corrected chi connectivity index (χ0v) is 9.30. The second-order valence-electron chi connectivity index (χ2n) is 3.00. The van der Waals surface area contributed by atoms with Gasteiger partial charge in [-0.25, -0.2) is 8.42 Å². The molecule has 1 rings (SSSR count). The number of hydrogen-bond acceptors (Lipinski definition) is 3. The molecule has 0 aliphatic rings. The molecule has 4 nitrogen and oxygen atoms in total. The van der Waals surface area contributed by atoms with Gasteiger partial charge in [-0.15, -0.1) is 0 Å². The van der Waals surface area contributed by atoms with Gasteiger partial charge in [-0.2, -0.15) is 0 Å². The standard InChI is InChI=1S/C9H14N2O2S/c1-10-8-6-4-5-7-9(8)11(2)14(3,12)13/h4-7,10H,1-3H3. The summed E-state index contributed by atoms with van der Waals surface area (Å²) in [6.45, 7) is 0. The molecular formula is C9H14N2O2S. The van der Waals surface area contributed by atoms with Crippen LogP contribution in [0.1, 0.15) is 0 Å². The van der Waals surface area contributed by atoms with E-state index in [2.05, 4.69) is 5.32 Å². The summed E-state index contributed by atoms with van der Waals surface area (Å²) in [6.07, 6.45) is 1.18. The molecule has 0 aliphatic heterocycles. The van der Waals surface area contributed by atoms with Crippen molar-refractivity contribution in [3.63, 3.8) is 0 Å². The summed E-state index contributed by atoms with van der Waals surface area (Å²) in [6, 6.07) is 7.24. The van der Waals surface area contributed by atoms with Crippen LogP contribution in [-0.4, -0.2) is 28.8 Å². The molecule has 1 aromatic rings. The maximum atomic E-state index is 11.3. The van der Waals surface area contributed by atoms with E-state index in [1.165, 1.54) is 17.6 Å². The number of hydrogen-bond donors (Lipinski definition) is 1. The van der Waals surface area contributed by atoms with E-state index in [9.17, 15) is 8.42 Å². The fourth-order valence-electron chi connectivity index (χ4n) is 1.14. The Morgan fingerprint density at radius 2 is 1.86 bits per heavy atom. The topological polar surface area (TPSA) is 49.4 Å². The van der Waals surface area contributed by atoms with Crippen LogP contribution >= 0.6 is 0 Å². The Bertz CT molecular complexity index is 415. The van der Waals surface area contributed by atoms with Gasteiger partial charge in [0.1, 0.15) is 0 Å². The lowest BCUT2D eigenvalue weighted by atomic mass is 10.2. The zero-order chi connectivity index (χ0) is 10.8. The molecule has 14 heavy (non-hydrogen) atoms. The van der Waals surface area contributed by atoms with Crippen LogP contribution in [0.2, 0.25) is 0 Å². The lowest BCUT2D eigenvalue weighted by Gasteiger charge is -2.19. The smallest absolute Gasteiger partial charge is 0.232 e. The van der Waals surface area contributed by atoms with Gasteiger partial charge in [0.25, 0.3) is 0 Å². The van der Waals surface area contributed by atoms with Gasteiger partial charge in [0.15, 0.2) is 0 Å². The number of nitrogens with zero attached hydrogens (tertiary/aromatic N) is 1. The molecule has 0 saturated heterocycles. The largest absolute Gasteiger partial charge is 0.386 e. The molecule has 78 valence electrons. The third-order valence-corrected chi connectivity index (χ3v) is 3.20. The Morgan fingerprint density at radius 3 is 2.36 bits per heavy atom. The average Bonchev–Trinajstić information content (AvgIpc) is 2.15. The van der Waals surface area contributed by atoms with Crippen LogP contribution in [0.25, 0.3) is 0 Å². The van der Waals surface area contributed by atoms with E-state index >= 15 is 0 Å². The average molecular weight is 214 g/mol. The van der Waals surface area contributed by atoms with Crippen molar-refractivity contribution >= 4 is 21.4 Å². The highest BCUT2D eigenvalue weighted by molar-refractivity contribution is 7.92. The molecule has 0 atom stereocenters. The van der Waals surface area contributed by atoms with Gasteiger partial charge >= 0.3 is 0 Å². The molecule has 0 unspecified atom stereocenters. The summed E-state index contributed by atoms with van der Waals surface area (Å²) >= 11 is 0. The molecule has 1 N–H and O–H groups in total. The van der Waals surface area contributed by atoms with Crippen molar-refractivity contribution in [3.8, 4) is 0 Å². The summed E-state index contributed by atoms with van der Waals surface area (Å²) in [5.41, 5.74) is 1.44. The van der Waals surface area contributed by atoms with Gasteiger partial charge in [0.2, 0.25) is 10.0 Å². The molecule has 1 aromatic carbocycles. The maximum Gasteiger partial charge on any atom is 0.232 e. The summed E-state index contributed by atoms with van der Waals surface area (Å²) in [5, 5.41) is 2.94. The van der Waals surface area contributed by atoms with Crippen molar-refractivity contribution in [1.82, 2.24) is 0 Å². The summed E-state index contributed by atoms with van der Waals surface area (Å²) in [5.74, 6) is 0. The Hall–Kier alpha value is -1.23. The Balaban J connectivity index is 3.19. The van der Waals surface area contributed by atoms with Crippen LogP contribution in [0.15, 0.2) is 24.3 Å². The van der Waals surface area contributed by atoms with Gasteiger partial charge in [0, 0.05) is 14.1 Å². The predicted molar refractivity (Wildman–Crippen MR) is 59.2 cm³/mol. The molecule has 5 heteroatoms. The molecule has 0 saturated carbocycles. The lowest BCUT2D eigenvalue weighted by molar-refractivity contribution is 0.600. The molecule has 0 aliphatic carbocycles. The highest BCUT2D eigenvalue weighted by Crippen LogP contribution is 2.25. The highest BCUT2D eigenvalue weighted by atomic mass is 32.2. The lowest BCUT2D eigenvalue weighted by Crippen LogP contribution is -2.25. The van der Waals surface area contributed by atoms with Gasteiger partial charge in [-0.3, -0.25) is 4.31 Å². The first-order valence-electron chi connectivity index (χ1n) is 4.17. The van der Waals surface area contributed by atoms with E-state index in [0.29, 0.717) is 5.69 Å². The summed E-state index contributed by atoms with van der Waals surface area (Å²) in [7, 11) is 0.0970. The van der Waals surface area contributed by atoms with Crippen LogP contribution in [0.5, 0.6) is 0 Å². The van der Waals surface area contributed by atoms with Crippen LogP contribution in [-0.2, 0) is 10.0 Å². The first-order valence-corrected chi connectivity index (χ1v) is 6.02. The minimum atomic E-state index is -3.20. The fraction of sp³-hybridized carbons (Fsp3) is 0.333. The normalized spacial score (nSPS) is 11.1. The number of nitrogens with one attached hydrogen (secondary N) is 1. The van der Waals surface area contributed by atoms with Crippen LogP contribution in [0, 0.1) is 0 Å². The first kappa shape index (κ1) is 10.8. The Kier molecular flexibility index (Phi) is 3.00. The fourth-order valence-corrected chi connectivity index (χ4v) is 1.65. The minimum absolute atomic E-state index is 0.650. The SMILES string of the molecule is CNc1ccccc1N(C)S(C)(=O)=O. The molecule has 0 fully saturated rings. The maximum absolute atomic E-state index is 11.3. The van der Waals surface area contributed by atoms with Crippen molar-refractivity contribution in [1.29, 1.82) is 0 Å². The molecule has 0 aromatic heterocycles. The van der Waals surface area contributed by atoms with Gasteiger partial charge in [-0.1, -0.05) is 12.1 Å². The molecular weight excluding hydrogens is 200 g/mol. The van der Waals surface area contributed by atoms with E-state index in [-0.39, 0.29) is 0 Å². The monoisotopic (exact) mass is 214 g/mol. The summed E-state index contributed by atoms with van der Waals surface area (Å²) < 4.78 is 23.8. The summed E-state index contributed by atoms with van der Waals surface area (Å²) in [4.78, 5) is 0. The van der Waals surface area contributed by atoms with Gasteiger partial charge in [0.05, 0.1) is 17.6 Å². The van der Waals surface area contributed by atoms with Crippen molar-refractivity contribution < 1.29 is 8.42 Å². The minimum Gasteiger partial charge on any atom is -0.386 e. The number of benzene rings is 1. The quantitative estimate of drug-likeness (QED) is 0.820. The van der Waals surface area contributed by atoms with Crippen molar-refractivity contribution in [2.24, 2.45) is 0 Å². The number of rotatable bonds is 3. The van der Waals surface area contributed by atoms with E-state index in [1.54, 1.807) is 19.2 Å². The van der Waals surface area contributed by atoms with E-state index in [4.69, 9.17) is 0 Å². The second kappa shape index (κ2) is 3.88. The Labute approximate surface area is 84.6 Å². The van der Waals surface area contributed by atoms with Gasteiger partial charge in [-0.05, 0) is 12.1 Å². The van der Waals surface area contributed by atoms with Crippen molar-refractivity contribution in [2.45, 2.75) is 0 Å². The number of sulfonamides is 1. The first-order chi connectivity index (χ1) is 6.46.